The smallest absolute Gasteiger partial charge is 0.230 e. The van der Waals surface area contributed by atoms with Crippen LogP contribution in [0.2, 0.25) is 5.02 Å². The van der Waals surface area contributed by atoms with Gasteiger partial charge in [0.15, 0.2) is 5.69 Å². The molecule has 0 unspecified atom stereocenters. The summed E-state index contributed by atoms with van der Waals surface area (Å²) in [6.07, 6.45) is 1.27. The van der Waals surface area contributed by atoms with E-state index in [4.69, 9.17) is 16.9 Å². The molecule has 2 aromatic rings. The van der Waals surface area contributed by atoms with Crippen molar-refractivity contribution in [1.82, 2.24) is 3.97 Å². The lowest BCUT2D eigenvalue weighted by Crippen LogP contribution is -2.13. The van der Waals surface area contributed by atoms with Crippen LogP contribution in [0.15, 0.2) is 41.4 Å². The molecule has 6 heteroatoms. The van der Waals surface area contributed by atoms with Crippen molar-refractivity contribution in [2.75, 3.05) is 0 Å². The standard InChI is InChI=1S/C12H9ClN2O2S/c1-9-2-4-10(5-3-9)18(16,17)15-7-6-11(13)12(15)8-14/h2-7H,1H3. The molecule has 0 fully saturated rings. The van der Waals surface area contributed by atoms with E-state index in [-0.39, 0.29) is 15.6 Å². The van der Waals surface area contributed by atoms with Crippen LogP contribution in [0.25, 0.3) is 0 Å². The van der Waals surface area contributed by atoms with Crippen molar-refractivity contribution in [1.29, 1.82) is 5.26 Å². The second-order valence-electron chi connectivity index (χ2n) is 3.74. The second kappa shape index (κ2) is 4.48. The largest absolute Gasteiger partial charge is 0.268 e. The lowest BCUT2D eigenvalue weighted by molar-refractivity contribution is 0.587. The van der Waals surface area contributed by atoms with E-state index < -0.39 is 10.0 Å². The molecular weight excluding hydrogens is 272 g/mol. The molecule has 0 spiro atoms. The van der Waals surface area contributed by atoms with Gasteiger partial charge in [-0.1, -0.05) is 29.3 Å². The lowest BCUT2D eigenvalue weighted by atomic mass is 10.2. The van der Waals surface area contributed by atoms with Crippen molar-refractivity contribution < 1.29 is 8.42 Å². The minimum absolute atomic E-state index is 0.0859. The van der Waals surface area contributed by atoms with Gasteiger partial charge in [0, 0.05) is 6.20 Å². The van der Waals surface area contributed by atoms with Crippen LogP contribution in [0.3, 0.4) is 0 Å². The zero-order valence-corrected chi connectivity index (χ0v) is 11.0. The van der Waals surface area contributed by atoms with Gasteiger partial charge in [0.25, 0.3) is 10.0 Å². The average Bonchev–Trinajstić information content (AvgIpc) is 2.71. The molecule has 0 aliphatic heterocycles. The molecule has 0 aliphatic carbocycles. The molecule has 0 bridgehead atoms. The van der Waals surface area contributed by atoms with E-state index in [2.05, 4.69) is 0 Å². The molecular formula is C12H9ClN2O2S. The summed E-state index contributed by atoms with van der Waals surface area (Å²) < 4.78 is 25.5. The zero-order chi connectivity index (χ0) is 13.3. The molecule has 0 saturated heterocycles. The van der Waals surface area contributed by atoms with Gasteiger partial charge in [0.05, 0.1) is 9.92 Å². The fourth-order valence-corrected chi connectivity index (χ4v) is 3.07. The summed E-state index contributed by atoms with van der Waals surface area (Å²) in [4.78, 5) is 0.122. The third-order valence-electron chi connectivity index (χ3n) is 2.49. The SMILES string of the molecule is Cc1ccc(S(=O)(=O)n2ccc(Cl)c2C#N)cc1. The van der Waals surface area contributed by atoms with Crippen LogP contribution in [0.5, 0.6) is 0 Å². The molecule has 0 aliphatic rings. The Morgan fingerprint density at radius 1 is 1.22 bits per heavy atom. The average molecular weight is 281 g/mol. The van der Waals surface area contributed by atoms with Gasteiger partial charge in [-0.15, -0.1) is 0 Å². The van der Waals surface area contributed by atoms with Crippen molar-refractivity contribution in [2.24, 2.45) is 0 Å². The van der Waals surface area contributed by atoms with E-state index in [9.17, 15) is 8.42 Å². The fourth-order valence-electron chi connectivity index (χ4n) is 1.52. The van der Waals surface area contributed by atoms with Gasteiger partial charge in [-0.3, -0.25) is 0 Å². The Morgan fingerprint density at radius 2 is 1.83 bits per heavy atom. The highest BCUT2D eigenvalue weighted by Gasteiger charge is 2.21. The fraction of sp³-hybridized carbons (Fsp3) is 0.0833. The summed E-state index contributed by atoms with van der Waals surface area (Å²) in [6, 6.07) is 9.56. The first kappa shape index (κ1) is 12.7. The molecule has 0 saturated carbocycles. The first-order chi connectivity index (χ1) is 8.46. The van der Waals surface area contributed by atoms with Crippen molar-refractivity contribution in [3.8, 4) is 6.07 Å². The summed E-state index contributed by atoms with van der Waals surface area (Å²) in [5.41, 5.74) is 0.872. The number of aryl methyl sites for hydroxylation is 1. The van der Waals surface area contributed by atoms with Crippen LogP contribution in [0.4, 0.5) is 0 Å². The van der Waals surface area contributed by atoms with Crippen LogP contribution in [0.1, 0.15) is 11.3 Å². The third-order valence-corrected chi connectivity index (χ3v) is 4.48. The molecule has 0 amide bonds. The molecule has 2 rings (SSSR count). The van der Waals surface area contributed by atoms with E-state index in [1.165, 1.54) is 24.4 Å². The Balaban J connectivity index is 2.62. The Morgan fingerprint density at radius 3 is 2.39 bits per heavy atom. The molecule has 18 heavy (non-hydrogen) atoms. The minimum atomic E-state index is -3.77. The number of halogens is 1. The maximum absolute atomic E-state index is 12.3. The molecule has 92 valence electrons. The predicted octanol–water partition coefficient (Wildman–Crippen LogP) is 2.56. The maximum Gasteiger partial charge on any atom is 0.268 e. The summed E-state index contributed by atoms with van der Waals surface area (Å²) in [5, 5.41) is 9.04. The zero-order valence-electron chi connectivity index (χ0n) is 9.46. The third kappa shape index (κ3) is 2.01. The highest BCUT2D eigenvalue weighted by Crippen LogP contribution is 2.22. The second-order valence-corrected chi connectivity index (χ2v) is 5.96. The van der Waals surface area contributed by atoms with E-state index in [0.29, 0.717) is 0 Å². The minimum Gasteiger partial charge on any atom is -0.230 e. The molecule has 1 heterocycles. The number of hydrogen-bond donors (Lipinski definition) is 0. The molecule has 0 atom stereocenters. The van der Waals surface area contributed by atoms with Crippen LogP contribution >= 0.6 is 11.6 Å². The Hall–Kier alpha value is -1.77. The van der Waals surface area contributed by atoms with E-state index >= 15 is 0 Å². The van der Waals surface area contributed by atoms with E-state index in [1.807, 2.05) is 6.92 Å². The van der Waals surface area contributed by atoms with Gasteiger partial charge in [-0.2, -0.15) is 5.26 Å². The monoisotopic (exact) mass is 280 g/mol. The number of aromatic nitrogens is 1. The Labute approximate surface area is 110 Å². The summed E-state index contributed by atoms with van der Waals surface area (Å²) >= 11 is 5.76. The van der Waals surface area contributed by atoms with E-state index in [1.54, 1.807) is 18.2 Å². The van der Waals surface area contributed by atoms with Gasteiger partial charge >= 0.3 is 0 Å². The topological polar surface area (TPSA) is 62.9 Å². The summed E-state index contributed by atoms with van der Waals surface area (Å²) in [6.45, 7) is 1.86. The van der Waals surface area contributed by atoms with Crippen LogP contribution in [0, 0.1) is 18.3 Å². The predicted molar refractivity (Wildman–Crippen MR) is 67.9 cm³/mol. The van der Waals surface area contributed by atoms with Crippen LogP contribution in [-0.2, 0) is 10.0 Å². The summed E-state index contributed by atoms with van der Waals surface area (Å²) in [7, 11) is -3.77. The normalized spacial score (nSPS) is 11.2. The quantitative estimate of drug-likeness (QED) is 0.849. The first-order valence-electron chi connectivity index (χ1n) is 5.06. The molecule has 1 aromatic heterocycles. The Bertz CT molecular complexity index is 724. The molecule has 1 aromatic carbocycles. The molecule has 0 N–H and O–H groups in total. The number of benzene rings is 1. The van der Waals surface area contributed by atoms with Crippen molar-refractivity contribution in [3.63, 3.8) is 0 Å². The highest BCUT2D eigenvalue weighted by atomic mass is 35.5. The van der Waals surface area contributed by atoms with Gasteiger partial charge in [-0.25, -0.2) is 12.4 Å². The summed E-state index contributed by atoms with van der Waals surface area (Å²) in [5.74, 6) is 0. The molecule has 4 nitrogen and oxygen atoms in total. The number of nitrogens with zero attached hydrogens (tertiary/aromatic N) is 2. The first-order valence-corrected chi connectivity index (χ1v) is 6.88. The van der Waals surface area contributed by atoms with Crippen molar-refractivity contribution in [3.05, 3.63) is 52.8 Å². The highest BCUT2D eigenvalue weighted by molar-refractivity contribution is 7.90. The van der Waals surface area contributed by atoms with Crippen LogP contribution in [-0.4, -0.2) is 12.4 Å². The van der Waals surface area contributed by atoms with Crippen molar-refractivity contribution >= 4 is 21.6 Å². The van der Waals surface area contributed by atoms with Crippen LogP contribution < -0.4 is 0 Å². The number of nitriles is 1. The number of hydrogen-bond acceptors (Lipinski definition) is 3. The van der Waals surface area contributed by atoms with Gasteiger partial charge < -0.3 is 0 Å². The Kier molecular flexibility index (Phi) is 3.16. The van der Waals surface area contributed by atoms with Gasteiger partial charge in [0.1, 0.15) is 6.07 Å². The van der Waals surface area contributed by atoms with E-state index in [0.717, 1.165) is 9.54 Å². The van der Waals surface area contributed by atoms with Crippen molar-refractivity contribution in [2.45, 2.75) is 11.8 Å². The number of rotatable bonds is 2. The maximum atomic E-state index is 12.3. The van der Waals surface area contributed by atoms with Gasteiger partial charge in [0.2, 0.25) is 0 Å². The van der Waals surface area contributed by atoms with Gasteiger partial charge in [-0.05, 0) is 25.1 Å². The lowest BCUT2D eigenvalue weighted by Gasteiger charge is -2.07. The molecule has 0 radical (unpaired) electrons.